The largest absolute Gasteiger partial charge is 0.383 e. The maximum absolute atomic E-state index is 12.0. The van der Waals surface area contributed by atoms with Gasteiger partial charge in [0, 0.05) is 119 Å². The zero-order chi connectivity index (χ0) is 78.7. The SMILES string of the molecule is Cc1cnc(NOCCNc2ccc3c(=O)[nH][nH]c3c2)s1.O=C(CC(=O)Nc1cc(C2CC2)[nH]n1)Nc1ccc2c(=O)[nH][nH]c2c1.O=C(CCNc1nccnn1)Nc1ccc2c(=O)[nH][nH]c2c1.O=c1[nH][nH]c2cc(NCCONc3cc(C4CC4)[nH]n3)ccc12.O=c1[nH][nH]c2cc(NOCCNc3cc(C4CC4)[nH]n3)ccc12. The molecule has 0 saturated heterocycles. The van der Waals surface area contributed by atoms with Gasteiger partial charge in [-0.05, 0) is 136 Å². The molecule has 0 aliphatic heterocycles. The summed E-state index contributed by atoms with van der Waals surface area (Å²) >= 11 is 1.54. The lowest BCUT2D eigenvalue weighted by Gasteiger charge is -2.07. The van der Waals surface area contributed by atoms with E-state index in [1.54, 1.807) is 84.3 Å². The Kier molecular flexibility index (Phi) is 24.4. The van der Waals surface area contributed by atoms with Crippen molar-refractivity contribution in [1.29, 1.82) is 0 Å². The second-order valence-electron chi connectivity index (χ2n) is 26.5. The third kappa shape index (κ3) is 21.3. The molecule has 3 amide bonds. The number of aromatic amines is 13. The van der Waals surface area contributed by atoms with Crippen LogP contribution in [0.5, 0.6) is 0 Å². The molecule has 0 unspecified atom stereocenters. The molecule has 0 spiro atoms. The van der Waals surface area contributed by atoms with Crippen LogP contribution in [0.15, 0.2) is 152 Å². The van der Waals surface area contributed by atoms with Gasteiger partial charge in [-0.25, -0.2) is 20.9 Å². The fraction of sp³-hybridized carbons (Fsp3) is 0.264. The second-order valence-corrected chi connectivity index (χ2v) is 27.8. The van der Waals surface area contributed by atoms with Gasteiger partial charge in [-0.15, -0.1) is 16.4 Å². The molecule has 5 aromatic carbocycles. The molecule has 0 radical (unpaired) electrons. The van der Waals surface area contributed by atoms with Crippen LogP contribution in [0.1, 0.15) is 91.1 Å². The number of nitrogens with zero attached hydrogens (tertiary/aromatic N) is 7. The number of rotatable bonds is 30. The Hall–Kier alpha value is -14.4. The number of anilines is 10. The quantitative estimate of drug-likeness (QED) is 0.0116. The van der Waals surface area contributed by atoms with Crippen molar-refractivity contribution >= 4 is 141 Å². The number of nitrogens with one attached hydrogen (secondary N) is 23. The molecule has 23 N–H and O–H groups in total. The van der Waals surface area contributed by atoms with Gasteiger partial charge >= 0.3 is 0 Å². The summed E-state index contributed by atoms with van der Waals surface area (Å²) in [6.07, 6.45) is 12.0. The first kappa shape index (κ1) is 76.4. The molecule has 3 aliphatic rings. The van der Waals surface area contributed by atoms with Crippen LogP contribution >= 0.6 is 11.3 Å². The van der Waals surface area contributed by atoms with Crippen molar-refractivity contribution in [1.82, 2.24) is 102 Å². The van der Waals surface area contributed by atoms with Gasteiger partial charge < -0.3 is 37.2 Å². The van der Waals surface area contributed by atoms with Crippen LogP contribution in [-0.2, 0) is 28.9 Å². The van der Waals surface area contributed by atoms with Gasteiger partial charge in [-0.2, -0.15) is 20.4 Å². The maximum atomic E-state index is 12.0. The lowest BCUT2D eigenvalue weighted by molar-refractivity contribution is -0.123. The van der Waals surface area contributed by atoms with E-state index in [0.29, 0.717) is 131 Å². The van der Waals surface area contributed by atoms with Crippen LogP contribution in [-0.4, -0.2) is 165 Å². The van der Waals surface area contributed by atoms with Gasteiger partial charge in [0.15, 0.2) is 11.6 Å². The first-order chi connectivity index (χ1) is 55.6. The Morgan fingerprint density at radius 2 is 0.825 bits per heavy atom. The summed E-state index contributed by atoms with van der Waals surface area (Å²) in [5.74, 6) is 3.13. The van der Waals surface area contributed by atoms with E-state index in [1.165, 1.54) is 49.5 Å². The summed E-state index contributed by atoms with van der Waals surface area (Å²) in [4.78, 5) is 118. The highest BCUT2D eigenvalue weighted by Gasteiger charge is 2.28. The number of benzene rings is 5. The summed E-state index contributed by atoms with van der Waals surface area (Å²) in [5, 5.41) is 79.6. The van der Waals surface area contributed by atoms with Crippen molar-refractivity contribution in [3.8, 4) is 0 Å². The highest BCUT2D eigenvalue weighted by Crippen LogP contribution is 2.41. The van der Waals surface area contributed by atoms with E-state index in [0.717, 1.165) is 68.0 Å². The maximum Gasteiger partial charge on any atom is 0.271 e. The monoisotopic (exact) mass is 1570 g/mol. The highest BCUT2D eigenvalue weighted by molar-refractivity contribution is 7.15. The van der Waals surface area contributed by atoms with Crippen LogP contribution in [0.3, 0.4) is 0 Å². The molecule has 0 bridgehead atoms. The predicted molar refractivity (Wildman–Crippen MR) is 431 cm³/mol. The van der Waals surface area contributed by atoms with Gasteiger partial charge in [-0.1, -0.05) is 0 Å². The van der Waals surface area contributed by atoms with E-state index in [1.807, 2.05) is 43.3 Å². The van der Waals surface area contributed by atoms with Gasteiger partial charge in [-0.3, -0.25) is 125 Å². The Morgan fingerprint density at radius 1 is 0.412 bits per heavy atom. The van der Waals surface area contributed by atoms with Crippen molar-refractivity contribution < 1.29 is 28.9 Å². The zero-order valence-corrected chi connectivity index (χ0v) is 61.8. The number of carbonyl (C=O) groups excluding carboxylic acids is 3. The Morgan fingerprint density at radius 3 is 1.31 bits per heavy atom. The predicted octanol–water partition coefficient (Wildman–Crippen LogP) is 7.81. The lowest BCUT2D eigenvalue weighted by Crippen LogP contribution is -2.21. The van der Waals surface area contributed by atoms with Crippen molar-refractivity contribution in [2.75, 3.05) is 99.7 Å². The third-order valence-electron chi connectivity index (χ3n) is 17.7. The van der Waals surface area contributed by atoms with Crippen molar-refractivity contribution in [3.63, 3.8) is 0 Å². The Balaban J connectivity index is 0.000000118. The minimum Gasteiger partial charge on any atom is -0.383 e. The Bertz CT molecular complexity index is 5910. The number of aryl methyl sites for hydroxylation is 1. The minimum absolute atomic E-state index is 0.108. The van der Waals surface area contributed by atoms with Crippen LogP contribution in [0.25, 0.3) is 54.5 Å². The molecule has 18 rings (SSSR count). The number of carbonyl (C=O) groups is 3. The molecule has 10 aromatic heterocycles. The molecule has 41 nitrogen and oxygen atoms in total. The molecule has 0 atom stereocenters. The topological polar surface area (TPSA) is 580 Å². The van der Waals surface area contributed by atoms with Crippen LogP contribution in [0.4, 0.5) is 57.0 Å². The van der Waals surface area contributed by atoms with E-state index in [4.69, 9.17) is 14.5 Å². The molecule has 3 fully saturated rings. The molecule has 3 aliphatic carbocycles. The summed E-state index contributed by atoms with van der Waals surface area (Å²) in [6.45, 7) is 5.74. The van der Waals surface area contributed by atoms with E-state index in [9.17, 15) is 38.4 Å². The molecule has 10 heterocycles. The number of fused-ring (bicyclic) bond motifs is 5. The summed E-state index contributed by atoms with van der Waals surface area (Å²) < 4.78 is 0. The van der Waals surface area contributed by atoms with E-state index in [2.05, 4.69) is 161 Å². The van der Waals surface area contributed by atoms with Crippen LogP contribution < -0.4 is 81.5 Å². The first-order valence-corrected chi connectivity index (χ1v) is 37.2. The highest BCUT2D eigenvalue weighted by atomic mass is 32.1. The van der Waals surface area contributed by atoms with E-state index in [-0.39, 0.29) is 46.5 Å². The first-order valence-electron chi connectivity index (χ1n) is 36.3. The molecular weight excluding hydrogens is 1490 g/mol. The van der Waals surface area contributed by atoms with Crippen LogP contribution in [0.2, 0.25) is 0 Å². The third-order valence-corrected chi connectivity index (χ3v) is 18.5. The lowest BCUT2D eigenvalue weighted by atomic mass is 10.2. The minimum atomic E-state index is -0.451. The number of thiazole rings is 1. The average Bonchev–Trinajstić information content (AvgIpc) is 1.64. The number of H-pyrrole nitrogens is 13. The number of hydrogen-bond donors (Lipinski definition) is 23. The second kappa shape index (κ2) is 36.4. The van der Waals surface area contributed by atoms with Crippen LogP contribution in [0, 0.1) is 6.92 Å². The molecule has 114 heavy (non-hydrogen) atoms. The summed E-state index contributed by atoms with van der Waals surface area (Å²) in [5.41, 5.74) is 18.4. The molecule has 15 aromatic rings. The normalized spacial score (nSPS) is 12.8. The van der Waals surface area contributed by atoms with E-state index < -0.39 is 11.8 Å². The fourth-order valence-corrected chi connectivity index (χ4v) is 12.1. The molecule has 590 valence electrons. The number of aromatic nitrogens is 20. The fourth-order valence-electron chi connectivity index (χ4n) is 11.5. The summed E-state index contributed by atoms with van der Waals surface area (Å²) in [7, 11) is 0. The van der Waals surface area contributed by atoms with Gasteiger partial charge in [0.25, 0.3) is 27.8 Å². The smallest absolute Gasteiger partial charge is 0.271 e. The van der Waals surface area contributed by atoms with Crippen molar-refractivity contribution in [2.45, 2.75) is 76.0 Å². The van der Waals surface area contributed by atoms with Gasteiger partial charge in [0.05, 0.1) is 92.4 Å². The van der Waals surface area contributed by atoms with E-state index >= 15 is 0 Å². The van der Waals surface area contributed by atoms with Crippen molar-refractivity contribution in [2.24, 2.45) is 0 Å². The Labute approximate surface area is 645 Å². The summed E-state index contributed by atoms with van der Waals surface area (Å²) in [6, 6.07) is 32.1. The van der Waals surface area contributed by atoms with Gasteiger partial charge in [0.1, 0.15) is 12.2 Å². The zero-order valence-electron chi connectivity index (χ0n) is 61.0. The van der Waals surface area contributed by atoms with Gasteiger partial charge in [0.2, 0.25) is 28.8 Å². The standard InChI is InChI=1S/C16H16N6O3.2C15H18N6O2.C13H13N7O2.C13H15N5O2S/c23-14(17-9-3-4-10-12(5-9)20-22-16(10)25)7-15(24)18-13-6-11(19-21-13)8-1-2-8;22-15-11-4-3-10(7-13(11)18-20-15)21-23-6-5-16-14-8-12(17-19-14)9-1-2-9;22-15-11-4-3-10(7-13(11)18-20-15)16-5-6-23-21-14-8-12(17-19-14)9-1-2-9;21-11(3-4-14-13-15-5-6-16-20-13)17-8-1-2-9-10(7-8)18-19-12(9)22;1-8-7-15-13(21-8)18-20-5-4-14-9-2-3-10-11(6-9)16-17-12(10)19/h3-6,8H,1-2,7H2,(H,17,23)(H2,20,22,25)(H2,18,19,21,24);3-4,7-9,21H,1-2,5-6H2,(H2,16,17,19)(H2,18,20,22);3-4,7-9,16H,1-2,5-6H2,(H2,17,19,21)(H2,18,20,22);1-2,5-7H,3-4H2,(H,17,21)(H,14,15,20)(H2,18,19,22);2-3,6-7,14H,4-5H2,1H3,(H,15,18)(H2,16,17,19). The average molecular weight is 1570 g/mol. The molecule has 3 saturated carbocycles. The molecule has 42 heteroatoms. The van der Waals surface area contributed by atoms with Crippen molar-refractivity contribution in [3.05, 3.63) is 202 Å². The molecular formula is C72H80N30O11S. The number of amides is 3. The number of hydrogen-bond acceptors (Lipinski definition) is 26.